The monoisotopic (exact) mass is 242 g/mol. The van der Waals surface area contributed by atoms with Crippen molar-refractivity contribution in [2.45, 2.75) is 45.6 Å². The Balaban J connectivity index is 2.44. The predicted molar refractivity (Wildman–Crippen MR) is 68.8 cm³/mol. The standard InChI is InChI=1S/C13H26N2O2/c1-12(2)15(9-10-16)11-13(17)14-7-5-3-4-6-8-14/h12,16H,3-11H2,1-2H3. The van der Waals surface area contributed by atoms with E-state index in [0.717, 1.165) is 25.9 Å². The van der Waals surface area contributed by atoms with Crippen LogP contribution < -0.4 is 0 Å². The van der Waals surface area contributed by atoms with E-state index in [9.17, 15) is 4.79 Å². The molecule has 4 nitrogen and oxygen atoms in total. The van der Waals surface area contributed by atoms with Crippen LogP contribution in [0, 0.1) is 0 Å². The molecule has 1 rings (SSSR count). The molecule has 1 heterocycles. The third kappa shape index (κ3) is 5.04. The van der Waals surface area contributed by atoms with Gasteiger partial charge < -0.3 is 10.0 Å². The van der Waals surface area contributed by atoms with Crippen molar-refractivity contribution in [2.24, 2.45) is 0 Å². The third-order valence-corrected chi connectivity index (χ3v) is 3.41. The van der Waals surface area contributed by atoms with Gasteiger partial charge in [0.25, 0.3) is 0 Å². The van der Waals surface area contributed by atoms with Gasteiger partial charge in [-0.05, 0) is 26.7 Å². The summed E-state index contributed by atoms with van der Waals surface area (Å²) in [6.07, 6.45) is 4.75. The minimum absolute atomic E-state index is 0.117. The molecule has 100 valence electrons. The fraction of sp³-hybridized carbons (Fsp3) is 0.923. The highest BCUT2D eigenvalue weighted by Crippen LogP contribution is 2.10. The summed E-state index contributed by atoms with van der Waals surface area (Å²) in [6.45, 7) is 7.07. The summed E-state index contributed by atoms with van der Waals surface area (Å²) in [5.41, 5.74) is 0. The second-order valence-corrected chi connectivity index (χ2v) is 5.08. The Labute approximate surface area is 105 Å². The Hall–Kier alpha value is -0.610. The normalized spacial score (nSPS) is 17.6. The van der Waals surface area contributed by atoms with E-state index in [2.05, 4.69) is 13.8 Å². The highest BCUT2D eigenvalue weighted by Gasteiger charge is 2.19. The first-order valence-electron chi connectivity index (χ1n) is 6.78. The largest absolute Gasteiger partial charge is 0.395 e. The van der Waals surface area contributed by atoms with Crippen LogP contribution >= 0.6 is 0 Å². The molecule has 0 saturated carbocycles. The lowest BCUT2D eigenvalue weighted by Crippen LogP contribution is -2.44. The molecule has 1 aliphatic heterocycles. The number of aliphatic hydroxyl groups is 1. The number of aliphatic hydroxyl groups excluding tert-OH is 1. The molecule has 0 aliphatic carbocycles. The van der Waals surface area contributed by atoms with Crippen molar-refractivity contribution in [3.63, 3.8) is 0 Å². The number of carbonyl (C=O) groups is 1. The van der Waals surface area contributed by atoms with Gasteiger partial charge in [-0.3, -0.25) is 9.69 Å². The van der Waals surface area contributed by atoms with Crippen LogP contribution in [-0.2, 0) is 4.79 Å². The maximum Gasteiger partial charge on any atom is 0.236 e. The van der Waals surface area contributed by atoms with Gasteiger partial charge in [-0.15, -0.1) is 0 Å². The predicted octanol–water partition coefficient (Wildman–Crippen LogP) is 1.09. The second-order valence-electron chi connectivity index (χ2n) is 5.08. The number of likely N-dealkylation sites (tertiary alicyclic amines) is 1. The molecule has 1 saturated heterocycles. The molecule has 1 fully saturated rings. The lowest BCUT2D eigenvalue weighted by molar-refractivity contribution is -0.132. The summed E-state index contributed by atoms with van der Waals surface area (Å²) in [5.74, 6) is 0.217. The molecular formula is C13H26N2O2. The first kappa shape index (κ1) is 14.5. The summed E-state index contributed by atoms with van der Waals surface area (Å²) in [6, 6.07) is 0.304. The Morgan fingerprint density at radius 1 is 1.24 bits per heavy atom. The lowest BCUT2D eigenvalue weighted by atomic mass is 10.2. The Kier molecular flexibility index (Phi) is 6.52. The number of nitrogens with zero attached hydrogens (tertiary/aromatic N) is 2. The van der Waals surface area contributed by atoms with Crippen molar-refractivity contribution in [3.8, 4) is 0 Å². The molecular weight excluding hydrogens is 216 g/mol. The van der Waals surface area contributed by atoms with E-state index in [-0.39, 0.29) is 12.5 Å². The SMILES string of the molecule is CC(C)N(CCO)CC(=O)N1CCCCCC1. The van der Waals surface area contributed by atoms with Gasteiger partial charge in [0.15, 0.2) is 0 Å². The third-order valence-electron chi connectivity index (χ3n) is 3.41. The minimum Gasteiger partial charge on any atom is -0.395 e. The van der Waals surface area contributed by atoms with Crippen LogP contribution in [0.1, 0.15) is 39.5 Å². The molecule has 0 unspecified atom stereocenters. The van der Waals surface area contributed by atoms with Crippen LogP contribution in [0.15, 0.2) is 0 Å². The van der Waals surface area contributed by atoms with E-state index < -0.39 is 0 Å². The van der Waals surface area contributed by atoms with Crippen LogP contribution in [0.25, 0.3) is 0 Å². The van der Waals surface area contributed by atoms with Gasteiger partial charge in [-0.25, -0.2) is 0 Å². The molecule has 1 aliphatic rings. The van der Waals surface area contributed by atoms with Crippen LogP contribution in [0.3, 0.4) is 0 Å². The van der Waals surface area contributed by atoms with E-state index in [1.165, 1.54) is 12.8 Å². The van der Waals surface area contributed by atoms with Gasteiger partial charge >= 0.3 is 0 Å². The maximum atomic E-state index is 12.1. The van der Waals surface area contributed by atoms with Crippen LogP contribution in [-0.4, -0.2) is 59.6 Å². The molecule has 0 aromatic heterocycles. The van der Waals surface area contributed by atoms with E-state index in [0.29, 0.717) is 19.1 Å². The van der Waals surface area contributed by atoms with E-state index >= 15 is 0 Å². The van der Waals surface area contributed by atoms with Crippen molar-refractivity contribution in [3.05, 3.63) is 0 Å². The molecule has 0 radical (unpaired) electrons. The van der Waals surface area contributed by atoms with Crippen LogP contribution in [0.4, 0.5) is 0 Å². The van der Waals surface area contributed by atoms with Crippen molar-refractivity contribution < 1.29 is 9.90 Å². The number of carbonyl (C=O) groups excluding carboxylic acids is 1. The first-order chi connectivity index (χ1) is 8.15. The quantitative estimate of drug-likeness (QED) is 0.785. The highest BCUT2D eigenvalue weighted by atomic mass is 16.3. The molecule has 17 heavy (non-hydrogen) atoms. The fourth-order valence-electron chi connectivity index (χ4n) is 2.24. The number of amides is 1. The average Bonchev–Trinajstić information content (AvgIpc) is 2.56. The molecule has 0 atom stereocenters. The number of hydrogen-bond donors (Lipinski definition) is 1. The molecule has 0 bridgehead atoms. The average molecular weight is 242 g/mol. The smallest absolute Gasteiger partial charge is 0.236 e. The van der Waals surface area contributed by atoms with Crippen molar-refractivity contribution >= 4 is 5.91 Å². The number of hydrogen-bond acceptors (Lipinski definition) is 3. The zero-order chi connectivity index (χ0) is 12.7. The molecule has 4 heteroatoms. The Morgan fingerprint density at radius 3 is 2.29 bits per heavy atom. The fourth-order valence-corrected chi connectivity index (χ4v) is 2.24. The molecule has 1 amide bonds. The molecule has 0 aromatic rings. The Morgan fingerprint density at radius 2 is 1.82 bits per heavy atom. The van der Waals surface area contributed by atoms with Crippen molar-refractivity contribution in [2.75, 3.05) is 32.8 Å². The highest BCUT2D eigenvalue weighted by molar-refractivity contribution is 5.78. The van der Waals surface area contributed by atoms with E-state index in [1.807, 2.05) is 9.80 Å². The van der Waals surface area contributed by atoms with E-state index in [4.69, 9.17) is 5.11 Å². The van der Waals surface area contributed by atoms with E-state index in [1.54, 1.807) is 0 Å². The van der Waals surface area contributed by atoms with Gasteiger partial charge in [-0.1, -0.05) is 12.8 Å². The molecule has 0 spiro atoms. The zero-order valence-corrected chi connectivity index (χ0v) is 11.2. The summed E-state index contributed by atoms with van der Waals surface area (Å²) in [4.78, 5) is 16.2. The molecule has 1 N–H and O–H groups in total. The van der Waals surface area contributed by atoms with Crippen molar-refractivity contribution in [1.29, 1.82) is 0 Å². The second kappa shape index (κ2) is 7.67. The van der Waals surface area contributed by atoms with Gasteiger partial charge in [0.1, 0.15) is 0 Å². The summed E-state index contributed by atoms with van der Waals surface area (Å²) in [5, 5.41) is 8.99. The maximum absolute atomic E-state index is 12.1. The first-order valence-corrected chi connectivity index (χ1v) is 6.78. The Bertz CT molecular complexity index is 223. The van der Waals surface area contributed by atoms with Gasteiger partial charge in [0, 0.05) is 25.7 Å². The lowest BCUT2D eigenvalue weighted by Gasteiger charge is -2.28. The van der Waals surface area contributed by atoms with Gasteiger partial charge in [0.05, 0.1) is 13.2 Å². The zero-order valence-electron chi connectivity index (χ0n) is 11.2. The number of rotatable bonds is 5. The topological polar surface area (TPSA) is 43.8 Å². The summed E-state index contributed by atoms with van der Waals surface area (Å²) in [7, 11) is 0. The minimum atomic E-state index is 0.117. The summed E-state index contributed by atoms with van der Waals surface area (Å²) < 4.78 is 0. The van der Waals surface area contributed by atoms with Gasteiger partial charge in [0.2, 0.25) is 5.91 Å². The van der Waals surface area contributed by atoms with Crippen LogP contribution in [0.5, 0.6) is 0 Å². The summed E-state index contributed by atoms with van der Waals surface area (Å²) >= 11 is 0. The van der Waals surface area contributed by atoms with Gasteiger partial charge in [-0.2, -0.15) is 0 Å². The van der Waals surface area contributed by atoms with Crippen molar-refractivity contribution in [1.82, 2.24) is 9.80 Å². The molecule has 0 aromatic carbocycles. The van der Waals surface area contributed by atoms with Crippen LogP contribution in [0.2, 0.25) is 0 Å².